The zero-order valence-corrected chi connectivity index (χ0v) is 11.2. The number of rotatable bonds is 6. The molecule has 21 heavy (non-hydrogen) atoms. The van der Waals surface area contributed by atoms with E-state index in [9.17, 15) is 14.7 Å². The van der Waals surface area contributed by atoms with E-state index in [1.54, 1.807) is 24.3 Å². The summed E-state index contributed by atoms with van der Waals surface area (Å²) in [5.41, 5.74) is 7.08. The van der Waals surface area contributed by atoms with Crippen LogP contribution in [0.15, 0.2) is 42.9 Å². The van der Waals surface area contributed by atoms with Gasteiger partial charge in [-0.3, -0.25) is 4.79 Å². The Morgan fingerprint density at radius 2 is 2.05 bits per heavy atom. The van der Waals surface area contributed by atoms with Gasteiger partial charge in [-0.1, -0.05) is 30.3 Å². The number of carbonyl (C=O) groups excluding carboxylic acids is 1. The van der Waals surface area contributed by atoms with Gasteiger partial charge in [0.1, 0.15) is 12.1 Å². The van der Waals surface area contributed by atoms with E-state index in [0.29, 0.717) is 11.3 Å². The second-order valence-corrected chi connectivity index (χ2v) is 4.57. The minimum Gasteiger partial charge on any atom is -0.480 e. The van der Waals surface area contributed by atoms with Crippen molar-refractivity contribution in [1.82, 2.24) is 15.3 Å². The SMILES string of the molecule is N[C@@H](C(=O)NC(Cc1cnc[nH]1)C(=O)O)c1ccccc1. The van der Waals surface area contributed by atoms with Gasteiger partial charge >= 0.3 is 5.97 Å². The minimum atomic E-state index is -1.13. The normalized spacial score (nSPS) is 13.4. The second kappa shape index (κ2) is 6.67. The monoisotopic (exact) mass is 288 g/mol. The lowest BCUT2D eigenvalue weighted by atomic mass is 10.1. The van der Waals surface area contributed by atoms with Gasteiger partial charge in [0.25, 0.3) is 0 Å². The number of benzene rings is 1. The third kappa shape index (κ3) is 3.90. The van der Waals surface area contributed by atoms with Gasteiger partial charge in [-0.15, -0.1) is 0 Å². The molecule has 2 atom stereocenters. The smallest absolute Gasteiger partial charge is 0.326 e. The summed E-state index contributed by atoms with van der Waals surface area (Å²) in [7, 11) is 0. The van der Waals surface area contributed by atoms with Crippen LogP contribution in [0.2, 0.25) is 0 Å². The predicted molar refractivity (Wildman–Crippen MR) is 75.2 cm³/mol. The van der Waals surface area contributed by atoms with Crippen LogP contribution in [0.1, 0.15) is 17.3 Å². The summed E-state index contributed by atoms with van der Waals surface area (Å²) in [4.78, 5) is 29.9. The van der Waals surface area contributed by atoms with E-state index >= 15 is 0 Å². The first kappa shape index (κ1) is 14.7. The van der Waals surface area contributed by atoms with Crippen molar-refractivity contribution in [3.05, 3.63) is 54.1 Å². The highest BCUT2D eigenvalue weighted by atomic mass is 16.4. The average Bonchev–Trinajstić information content (AvgIpc) is 2.99. The van der Waals surface area contributed by atoms with Crippen molar-refractivity contribution >= 4 is 11.9 Å². The van der Waals surface area contributed by atoms with E-state index in [2.05, 4.69) is 15.3 Å². The third-order valence-electron chi connectivity index (χ3n) is 3.03. The summed E-state index contributed by atoms with van der Waals surface area (Å²) in [6.07, 6.45) is 3.08. The number of aliphatic carboxylic acids is 1. The molecule has 7 nitrogen and oxygen atoms in total. The molecule has 1 aromatic carbocycles. The van der Waals surface area contributed by atoms with Gasteiger partial charge < -0.3 is 21.1 Å². The summed E-state index contributed by atoms with van der Waals surface area (Å²) in [6, 6.07) is 6.81. The number of hydrogen-bond acceptors (Lipinski definition) is 4. The molecular weight excluding hydrogens is 272 g/mol. The molecule has 1 aromatic heterocycles. The van der Waals surface area contributed by atoms with Crippen molar-refractivity contribution in [2.75, 3.05) is 0 Å². The number of hydrogen-bond donors (Lipinski definition) is 4. The number of imidazole rings is 1. The third-order valence-corrected chi connectivity index (χ3v) is 3.03. The van der Waals surface area contributed by atoms with Crippen molar-refractivity contribution in [2.24, 2.45) is 5.73 Å². The molecule has 0 aliphatic carbocycles. The van der Waals surface area contributed by atoms with Crippen LogP contribution in [0.5, 0.6) is 0 Å². The predicted octanol–water partition coefficient (Wildman–Crippen LogP) is 0.222. The van der Waals surface area contributed by atoms with Crippen LogP contribution in [0.25, 0.3) is 0 Å². The fraction of sp³-hybridized carbons (Fsp3) is 0.214. The molecule has 0 radical (unpaired) electrons. The van der Waals surface area contributed by atoms with Gasteiger partial charge in [-0.05, 0) is 5.56 Å². The maximum absolute atomic E-state index is 12.1. The molecule has 1 unspecified atom stereocenters. The van der Waals surface area contributed by atoms with Gasteiger partial charge in [-0.25, -0.2) is 9.78 Å². The van der Waals surface area contributed by atoms with Crippen molar-refractivity contribution in [3.8, 4) is 0 Å². The van der Waals surface area contributed by atoms with Crippen molar-refractivity contribution < 1.29 is 14.7 Å². The molecule has 2 rings (SSSR count). The van der Waals surface area contributed by atoms with E-state index in [1.165, 1.54) is 12.5 Å². The number of nitrogens with one attached hydrogen (secondary N) is 2. The molecule has 1 amide bonds. The molecule has 0 saturated carbocycles. The molecule has 7 heteroatoms. The Morgan fingerprint density at radius 3 is 2.62 bits per heavy atom. The molecule has 0 aliphatic rings. The Balaban J connectivity index is 2.03. The molecule has 2 aromatic rings. The Morgan fingerprint density at radius 1 is 1.33 bits per heavy atom. The molecule has 1 heterocycles. The number of carboxylic acids is 1. The summed E-state index contributed by atoms with van der Waals surface area (Å²) >= 11 is 0. The fourth-order valence-corrected chi connectivity index (χ4v) is 1.89. The quantitative estimate of drug-likeness (QED) is 0.606. The topological polar surface area (TPSA) is 121 Å². The van der Waals surface area contributed by atoms with Gasteiger partial charge in [0, 0.05) is 18.3 Å². The highest BCUT2D eigenvalue weighted by Gasteiger charge is 2.24. The Kier molecular flexibility index (Phi) is 4.68. The number of carboxylic acid groups (broad SMARTS) is 1. The number of carbonyl (C=O) groups is 2. The standard InChI is InChI=1S/C14H16N4O3/c15-12(9-4-2-1-3-5-9)13(19)18-11(14(20)21)6-10-7-16-8-17-10/h1-5,7-8,11-12H,6,15H2,(H,16,17)(H,18,19)(H,20,21)/t11?,12-/m1/s1. The summed E-state index contributed by atoms with van der Waals surface area (Å²) in [5.74, 6) is -1.66. The van der Waals surface area contributed by atoms with E-state index in [0.717, 1.165) is 0 Å². The van der Waals surface area contributed by atoms with Crippen LogP contribution in [0.3, 0.4) is 0 Å². The Labute approximate surface area is 121 Å². The highest BCUT2D eigenvalue weighted by Crippen LogP contribution is 2.10. The molecule has 0 aliphatic heterocycles. The molecule has 5 N–H and O–H groups in total. The number of nitrogens with zero attached hydrogens (tertiary/aromatic N) is 1. The number of aromatic amines is 1. The van der Waals surface area contributed by atoms with E-state index in [-0.39, 0.29) is 6.42 Å². The number of H-pyrrole nitrogens is 1. The van der Waals surface area contributed by atoms with Crippen LogP contribution in [-0.4, -0.2) is 33.0 Å². The number of nitrogens with two attached hydrogens (primary N) is 1. The van der Waals surface area contributed by atoms with Crippen LogP contribution in [0, 0.1) is 0 Å². The first-order chi connectivity index (χ1) is 10.1. The van der Waals surface area contributed by atoms with Gasteiger partial charge in [0.15, 0.2) is 0 Å². The Hall–Kier alpha value is -2.67. The zero-order chi connectivity index (χ0) is 15.2. The lowest BCUT2D eigenvalue weighted by Crippen LogP contribution is -2.46. The molecule has 0 saturated heterocycles. The number of aromatic nitrogens is 2. The highest BCUT2D eigenvalue weighted by molar-refractivity contribution is 5.87. The Bertz CT molecular complexity index is 598. The van der Waals surface area contributed by atoms with Gasteiger partial charge in [0.2, 0.25) is 5.91 Å². The first-order valence-electron chi connectivity index (χ1n) is 6.39. The lowest BCUT2D eigenvalue weighted by Gasteiger charge is -2.17. The largest absolute Gasteiger partial charge is 0.480 e. The van der Waals surface area contributed by atoms with E-state index in [1.807, 2.05) is 6.07 Å². The van der Waals surface area contributed by atoms with E-state index in [4.69, 9.17) is 5.73 Å². The minimum absolute atomic E-state index is 0.114. The molecule has 0 spiro atoms. The van der Waals surface area contributed by atoms with E-state index < -0.39 is 24.0 Å². The van der Waals surface area contributed by atoms with Crippen LogP contribution in [-0.2, 0) is 16.0 Å². The maximum atomic E-state index is 12.1. The van der Waals surface area contributed by atoms with Gasteiger partial charge in [0.05, 0.1) is 6.33 Å². The van der Waals surface area contributed by atoms with Gasteiger partial charge in [-0.2, -0.15) is 0 Å². The first-order valence-corrected chi connectivity index (χ1v) is 6.39. The van der Waals surface area contributed by atoms with Crippen LogP contribution < -0.4 is 11.1 Å². The molecule has 110 valence electrons. The van der Waals surface area contributed by atoms with Crippen molar-refractivity contribution in [1.29, 1.82) is 0 Å². The van der Waals surface area contributed by atoms with Crippen molar-refractivity contribution in [2.45, 2.75) is 18.5 Å². The zero-order valence-electron chi connectivity index (χ0n) is 11.2. The van der Waals surface area contributed by atoms with Crippen LogP contribution in [0.4, 0.5) is 0 Å². The molecule has 0 fully saturated rings. The average molecular weight is 288 g/mol. The lowest BCUT2D eigenvalue weighted by molar-refractivity contribution is -0.142. The summed E-state index contributed by atoms with van der Waals surface area (Å²) in [5, 5.41) is 11.6. The maximum Gasteiger partial charge on any atom is 0.326 e. The molecule has 0 bridgehead atoms. The van der Waals surface area contributed by atoms with Crippen LogP contribution >= 0.6 is 0 Å². The second-order valence-electron chi connectivity index (χ2n) is 4.57. The van der Waals surface area contributed by atoms with Crippen molar-refractivity contribution in [3.63, 3.8) is 0 Å². The summed E-state index contributed by atoms with van der Waals surface area (Å²) in [6.45, 7) is 0. The fourth-order valence-electron chi connectivity index (χ4n) is 1.89. The summed E-state index contributed by atoms with van der Waals surface area (Å²) < 4.78 is 0. The number of amides is 1. The molecular formula is C14H16N4O3.